The van der Waals surface area contributed by atoms with Crippen molar-refractivity contribution in [3.8, 4) is 0 Å². The summed E-state index contributed by atoms with van der Waals surface area (Å²) in [5.74, 6) is 0.829. The van der Waals surface area contributed by atoms with Crippen LogP contribution in [-0.2, 0) is 0 Å². The highest BCUT2D eigenvalue weighted by atomic mass is 16.2. The molecule has 0 aliphatic heterocycles. The molecule has 1 unspecified atom stereocenters. The molecule has 1 fully saturated rings. The van der Waals surface area contributed by atoms with Crippen molar-refractivity contribution in [2.75, 3.05) is 18.9 Å². The van der Waals surface area contributed by atoms with Crippen LogP contribution in [0.3, 0.4) is 0 Å². The van der Waals surface area contributed by atoms with Gasteiger partial charge in [0.05, 0.1) is 0 Å². The number of amides is 2. The Balaban J connectivity index is 1.77. The Kier molecular flexibility index (Phi) is 5.41. The molecular weight excluding hydrogens is 250 g/mol. The lowest BCUT2D eigenvalue weighted by Gasteiger charge is -2.25. The van der Waals surface area contributed by atoms with Crippen molar-refractivity contribution in [3.63, 3.8) is 0 Å². The minimum Gasteiger partial charge on any atom is -0.338 e. The molecule has 1 atom stereocenters. The average Bonchev–Trinajstić information content (AvgIpc) is 2.41. The van der Waals surface area contributed by atoms with Crippen LogP contribution in [-0.4, -0.2) is 19.6 Å². The molecule has 1 saturated carbocycles. The number of benzene rings is 1. The molecule has 0 bridgehead atoms. The van der Waals surface area contributed by atoms with Gasteiger partial charge in [-0.1, -0.05) is 31.4 Å². The van der Waals surface area contributed by atoms with Crippen LogP contribution >= 0.6 is 0 Å². The molecule has 2 rings (SSSR count). The van der Waals surface area contributed by atoms with Crippen LogP contribution in [0.1, 0.15) is 44.2 Å². The highest BCUT2D eigenvalue weighted by Gasteiger charge is 2.16. The van der Waals surface area contributed by atoms with E-state index in [1.54, 1.807) is 0 Å². The zero-order valence-corrected chi connectivity index (χ0v) is 12.4. The van der Waals surface area contributed by atoms with Crippen molar-refractivity contribution in [3.05, 3.63) is 29.8 Å². The van der Waals surface area contributed by atoms with Crippen molar-refractivity contribution < 1.29 is 4.79 Å². The Labute approximate surface area is 121 Å². The number of nitrogens with one attached hydrogen (secondary N) is 3. The molecule has 1 aliphatic carbocycles. The standard InChI is InChI=1S/C16H25N3O/c1-12(17-2)14-7-4-8-15(11-14)19-16(20)18-10-9-13-5-3-6-13/h4,7-8,11-13,17H,3,5-6,9-10H2,1-2H3,(H2,18,19,20). The molecule has 1 aromatic rings. The van der Waals surface area contributed by atoms with Crippen LogP contribution in [0, 0.1) is 5.92 Å². The molecule has 0 saturated heterocycles. The number of carbonyl (C=O) groups is 1. The first-order chi connectivity index (χ1) is 9.69. The summed E-state index contributed by atoms with van der Waals surface area (Å²) >= 11 is 0. The smallest absolute Gasteiger partial charge is 0.319 e. The summed E-state index contributed by atoms with van der Waals surface area (Å²) in [6.45, 7) is 2.86. The minimum atomic E-state index is -0.112. The van der Waals surface area contributed by atoms with Crippen molar-refractivity contribution in [2.45, 2.75) is 38.6 Å². The summed E-state index contributed by atoms with van der Waals surface area (Å²) in [4.78, 5) is 11.8. The molecule has 20 heavy (non-hydrogen) atoms. The maximum atomic E-state index is 11.8. The van der Waals surface area contributed by atoms with Gasteiger partial charge in [0.1, 0.15) is 0 Å². The third-order valence-corrected chi connectivity index (χ3v) is 4.14. The quantitative estimate of drug-likeness (QED) is 0.746. The molecule has 110 valence electrons. The van der Waals surface area contributed by atoms with Gasteiger partial charge in [-0.05, 0) is 44.0 Å². The number of hydrogen-bond acceptors (Lipinski definition) is 2. The monoisotopic (exact) mass is 275 g/mol. The van der Waals surface area contributed by atoms with Crippen molar-refractivity contribution in [1.82, 2.24) is 10.6 Å². The first kappa shape index (κ1) is 14.9. The third-order valence-electron chi connectivity index (χ3n) is 4.14. The summed E-state index contributed by atoms with van der Waals surface area (Å²) in [7, 11) is 1.93. The molecule has 0 heterocycles. The van der Waals surface area contributed by atoms with Crippen LogP contribution in [0.4, 0.5) is 10.5 Å². The molecule has 3 N–H and O–H groups in total. The van der Waals surface area contributed by atoms with Crippen LogP contribution < -0.4 is 16.0 Å². The molecule has 0 spiro atoms. The van der Waals surface area contributed by atoms with E-state index in [1.807, 2.05) is 25.2 Å². The minimum absolute atomic E-state index is 0.112. The lowest BCUT2D eigenvalue weighted by molar-refractivity contribution is 0.247. The number of carbonyl (C=O) groups excluding carboxylic acids is 1. The molecule has 2 amide bonds. The van der Waals surface area contributed by atoms with E-state index in [1.165, 1.54) is 24.8 Å². The maximum absolute atomic E-state index is 11.8. The zero-order chi connectivity index (χ0) is 14.4. The Morgan fingerprint density at radius 1 is 1.40 bits per heavy atom. The normalized spacial score (nSPS) is 16.3. The van der Waals surface area contributed by atoms with Gasteiger partial charge in [0.2, 0.25) is 0 Å². The summed E-state index contributed by atoms with van der Waals surface area (Å²) < 4.78 is 0. The van der Waals surface area contributed by atoms with Gasteiger partial charge in [-0.25, -0.2) is 4.79 Å². The fourth-order valence-corrected chi connectivity index (χ4v) is 2.40. The molecule has 0 aromatic heterocycles. The van der Waals surface area contributed by atoms with Crippen molar-refractivity contribution >= 4 is 11.7 Å². The highest BCUT2D eigenvalue weighted by molar-refractivity contribution is 5.89. The van der Waals surface area contributed by atoms with Gasteiger partial charge in [-0.2, -0.15) is 0 Å². The first-order valence-electron chi connectivity index (χ1n) is 7.51. The number of urea groups is 1. The summed E-state index contributed by atoms with van der Waals surface area (Å²) in [6.07, 6.45) is 5.11. The number of anilines is 1. The summed E-state index contributed by atoms with van der Waals surface area (Å²) in [5, 5.41) is 9.01. The van der Waals surface area contributed by atoms with Gasteiger partial charge >= 0.3 is 6.03 Å². The van der Waals surface area contributed by atoms with E-state index in [-0.39, 0.29) is 12.1 Å². The first-order valence-corrected chi connectivity index (χ1v) is 7.51. The van der Waals surface area contributed by atoms with E-state index in [2.05, 4.69) is 28.9 Å². The Bertz CT molecular complexity index is 443. The van der Waals surface area contributed by atoms with Crippen molar-refractivity contribution in [1.29, 1.82) is 0 Å². The largest absolute Gasteiger partial charge is 0.338 e. The van der Waals surface area contributed by atoms with Crippen LogP contribution in [0.15, 0.2) is 24.3 Å². The predicted octanol–water partition coefficient (Wildman–Crippen LogP) is 3.28. The zero-order valence-electron chi connectivity index (χ0n) is 12.4. The molecule has 4 heteroatoms. The van der Waals surface area contributed by atoms with Crippen LogP contribution in [0.2, 0.25) is 0 Å². The Morgan fingerprint density at radius 2 is 2.20 bits per heavy atom. The fourth-order valence-electron chi connectivity index (χ4n) is 2.40. The molecule has 4 nitrogen and oxygen atoms in total. The molecule has 0 radical (unpaired) electrons. The van der Waals surface area contributed by atoms with Gasteiger partial charge in [0.25, 0.3) is 0 Å². The lowest BCUT2D eigenvalue weighted by Crippen LogP contribution is -2.31. The van der Waals surface area contributed by atoms with Gasteiger partial charge in [0, 0.05) is 18.3 Å². The van der Waals surface area contributed by atoms with E-state index < -0.39 is 0 Å². The van der Waals surface area contributed by atoms with E-state index in [9.17, 15) is 4.79 Å². The van der Waals surface area contributed by atoms with E-state index in [0.717, 1.165) is 24.6 Å². The van der Waals surface area contributed by atoms with Crippen LogP contribution in [0.5, 0.6) is 0 Å². The van der Waals surface area contributed by atoms with Gasteiger partial charge in [0.15, 0.2) is 0 Å². The fraction of sp³-hybridized carbons (Fsp3) is 0.562. The van der Waals surface area contributed by atoms with Crippen LogP contribution in [0.25, 0.3) is 0 Å². The second-order valence-corrected chi connectivity index (χ2v) is 5.60. The third kappa shape index (κ3) is 4.23. The summed E-state index contributed by atoms with van der Waals surface area (Å²) in [6, 6.07) is 8.11. The maximum Gasteiger partial charge on any atom is 0.319 e. The van der Waals surface area contributed by atoms with E-state index >= 15 is 0 Å². The average molecular weight is 275 g/mol. The Hall–Kier alpha value is -1.55. The number of hydrogen-bond donors (Lipinski definition) is 3. The molecule has 1 aliphatic rings. The van der Waals surface area contributed by atoms with E-state index in [4.69, 9.17) is 0 Å². The molecular formula is C16H25N3O. The topological polar surface area (TPSA) is 53.2 Å². The van der Waals surface area contributed by atoms with Gasteiger partial charge < -0.3 is 16.0 Å². The second-order valence-electron chi connectivity index (χ2n) is 5.60. The lowest BCUT2D eigenvalue weighted by atomic mass is 9.83. The van der Waals surface area contributed by atoms with Crippen molar-refractivity contribution in [2.24, 2.45) is 5.92 Å². The Morgan fingerprint density at radius 3 is 2.85 bits per heavy atom. The highest BCUT2D eigenvalue weighted by Crippen LogP contribution is 2.28. The second kappa shape index (κ2) is 7.29. The van der Waals surface area contributed by atoms with Gasteiger partial charge in [-0.15, -0.1) is 0 Å². The SMILES string of the molecule is CNC(C)c1cccc(NC(=O)NCCC2CCC2)c1. The predicted molar refractivity (Wildman–Crippen MR) is 82.9 cm³/mol. The molecule has 1 aromatic carbocycles. The summed E-state index contributed by atoms with van der Waals surface area (Å²) in [5.41, 5.74) is 2.01. The van der Waals surface area contributed by atoms with Gasteiger partial charge in [-0.3, -0.25) is 0 Å². The number of rotatable bonds is 6. The van der Waals surface area contributed by atoms with E-state index in [0.29, 0.717) is 0 Å².